The highest BCUT2D eigenvalue weighted by atomic mass is 19.4. The summed E-state index contributed by atoms with van der Waals surface area (Å²) in [5, 5.41) is 13.6. The summed E-state index contributed by atoms with van der Waals surface area (Å²) in [7, 11) is 0. The standard InChI is InChI=1S/C15H17F3N2O2/c1-11-10-14(22,15(16,17)18)20(19-11)13(21)9-5-8-12-6-3-2-4-7-12/h2-4,6-7,22H,5,8-10H2,1H3/t14-/m0/s1. The summed E-state index contributed by atoms with van der Waals surface area (Å²) in [5.74, 6) is -0.826. The predicted octanol–water partition coefficient (Wildman–Crippen LogP) is 2.87. The smallest absolute Gasteiger partial charge is 0.362 e. The molecule has 0 fully saturated rings. The lowest BCUT2D eigenvalue weighted by atomic mass is 10.1. The minimum Gasteiger partial charge on any atom is -0.362 e. The fraction of sp³-hybridized carbons (Fsp3) is 0.467. The maximum atomic E-state index is 13.0. The number of aryl methyl sites for hydroxylation is 1. The van der Waals surface area contributed by atoms with Crippen molar-refractivity contribution in [1.29, 1.82) is 0 Å². The number of aliphatic hydroxyl groups is 1. The molecule has 0 aliphatic carbocycles. The first kappa shape index (κ1) is 16.5. The van der Waals surface area contributed by atoms with Gasteiger partial charge in [0.1, 0.15) is 0 Å². The number of amides is 1. The van der Waals surface area contributed by atoms with Gasteiger partial charge in [0.2, 0.25) is 5.91 Å². The van der Waals surface area contributed by atoms with E-state index in [0.29, 0.717) is 12.8 Å². The molecule has 1 atom stereocenters. The van der Waals surface area contributed by atoms with Crippen LogP contribution in [-0.2, 0) is 11.2 Å². The molecule has 0 bridgehead atoms. The Morgan fingerprint density at radius 1 is 1.36 bits per heavy atom. The first-order chi connectivity index (χ1) is 10.2. The first-order valence-corrected chi connectivity index (χ1v) is 6.94. The number of carbonyl (C=O) groups excluding carboxylic acids is 1. The van der Waals surface area contributed by atoms with Gasteiger partial charge in [-0.05, 0) is 25.3 Å². The van der Waals surface area contributed by atoms with E-state index in [1.807, 2.05) is 30.3 Å². The third-order valence-electron chi connectivity index (χ3n) is 3.51. The van der Waals surface area contributed by atoms with Gasteiger partial charge in [0.05, 0.1) is 0 Å². The number of hydrogen-bond donors (Lipinski definition) is 1. The number of hydrazone groups is 1. The monoisotopic (exact) mass is 314 g/mol. The van der Waals surface area contributed by atoms with E-state index in [1.54, 1.807) is 0 Å². The van der Waals surface area contributed by atoms with E-state index >= 15 is 0 Å². The summed E-state index contributed by atoms with van der Waals surface area (Å²) in [6, 6.07) is 9.34. The van der Waals surface area contributed by atoms with Gasteiger partial charge in [-0.15, -0.1) is 0 Å². The summed E-state index contributed by atoms with van der Waals surface area (Å²) >= 11 is 0. The largest absolute Gasteiger partial charge is 0.438 e. The zero-order valence-electron chi connectivity index (χ0n) is 12.1. The summed E-state index contributed by atoms with van der Waals surface area (Å²) in [5.41, 5.74) is -2.14. The van der Waals surface area contributed by atoms with Crippen LogP contribution in [0.1, 0.15) is 31.7 Å². The highest BCUT2D eigenvalue weighted by molar-refractivity contribution is 5.89. The quantitative estimate of drug-likeness (QED) is 0.929. The van der Waals surface area contributed by atoms with E-state index in [4.69, 9.17) is 0 Å². The van der Waals surface area contributed by atoms with Gasteiger partial charge >= 0.3 is 6.18 Å². The summed E-state index contributed by atoms with van der Waals surface area (Å²) in [4.78, 5) is 12.0. The molecule has 22 heavy (non-hydrogen) atoms. The van der Waals surface area contributed by atoms with Gasteiger partial charge in [0, 0.05) is 18.6 Å². The predicted molar refractivity (Wildman–Crippen MR) is 75.0 cm³/mol. The van der Waals surface area contributed by atoms with Crippen LogP contribution in [0.15, 0.2) is 35.4 Å². The first-order valence-electron chi connectivity index (χ1n) is 6.94. The van der Waals surface area contributed by atoms with Crippen molar-refractivity contribution in [3.05, 3.63) is 35.9 Å². The zero-order chi connectivity index (χ0) is 16.4. The van der Waals surface area contributed by atoms with Gasteiger partial charge in [0.25, 0.3) is 5.72 Å². The second-order valence-corrected chi connectivity index (χ2v) is 5.37. The molecule has 0 spiro atoms. The van der Waals surface area contributed by atoms with Crippen LogP contribution < -0.4 is 0 Å². The van der Waals surface area contributed by atoms with Crippen molar-refractivity contribution in [1.82, 2.24) is 5.01 Å². The fourth-order valence-corrected chi connectivity index (χ4v) is 2.40. The Kier molecular flexibility index (Phi) is 4.55. The maximum Gasteiger partial charge on any atom is 0.438 e. The molecule has 1 aliphatic heterocycles. The van der Waals surface area contributed by atoms with E-state index in [2.05, 4.69) is 5.10 Å². The second-order valence-electron chi connectivity index (χ2n) is 5.37. The van der Waals surface area contributed by atoms with Crippen LogP contribution in [0.25, 0.3) is 0 Å². The minimum atomic E-state index is -4.94. The van der Waals surface area contributed by atoms with Gasteiger partial charge in [-0.1, -0.05) is 30.3 Å². The second kappa shape index (κ2) is 6.08. The summed E-state index contributed by atoms with van der Waals surface area (Å²) < 4.78 is 39.0. The molecule has 4 nitrogen and oxygen atoms in total. The lowest BCUT2D eigenvalue weighted by Gasteiger charge is -2.32. The van der Waals surface area contributed by atoms with Crippen LogP contribution >= 0.6 is 0 Å². The molecule has 0 saturated heterocycles. The Balaban J connectivity index is 1.99. The van der Waals surface area contributed by atoms with Gasteiger partial charge in [0.15, 0.2) is 0 Å². The Morgan fingerprint density at radius 3 is 2.59 bits per heavy atom. The van der Waals surface area contributed by atoms with E-state index in [0.717, 1.165) is 5.56 Å². The molecule has 1 aliphatic rings. The molecule has 120 valence electrons. The number of carbonyl (C=O) groups is 1. The van der Waals surface area contributed by atoms with E-state index < -0.39 is 24.2 Å². The zero-order valence-corrected chi connectivity index (χ0v) is 12.1. The molecule has 0 radical (unpaired) electrons. The lowest BCUT2D eigenvalue weighted by Crippen LogP contribution is -2.56. The molecule has 2 rings (SSSR count). The molecular formula is C15H17F3N2O2. The normalized spacial score (nSPS) is 21.9. The van der Waals surface area contributed by atoms with Crippen LogP contribution in [0.5, 0.6) is 0 Å². The van der Waals surface area contributed by atoms with Gasteiger partial charge in [-0.25, -0.2) is 0 Å². The molecular weight excluding hydrogens is 297 g/mol. The number of benzene rings is 1. The molecule has 1 aromatic carbocycles. The Bertz CT molecular complexity index is 572. The third-order valence-corrected chi connectivity index (χ3v) is 3.51. The highest BCUT2D eigenvalue weighted by Gasteiger charge is 2.62. The number of halogens is 3. The number of hydrogen-bond acceptors (Lipinski definition) is 3. The van der Waals surface area contributed by atoms with Crippen molar-refractivity contribution < 1.29 is 23.1 Å². The number of rotatable bonds is 4. The molecule has 1 amide bonds. The van der Waals surface area contributed by atoms with Crippen molar-refractivity contribution in [2.75, 3.05) is 0 Å². The van der Waals surface area contributed by atoms with Crippen molar-refractivity contribution in [3.63, 3.8) is 0 Å². The molecule has 0 saturated carbocycles. The molecule has 1 aromatic rings. The van der Waals surface area contributed by atoms with Crippen molar-refractivity contribution in [3.8, 4) is 0 Å². The number of nitrogens with zero attached hydrogens (tertiary/aromatic N) is 2. The van der Waals surface area contributed by atoms with Crippen LogP contribution in [0.2, 0.25) is 0 Å². The van der Waals surface area contributed by atoms with Crippen molar-refractivity contribution in [2.24, 2.45) is 5.10 Å². The van der Waals surface area contributed by atoms with E-state index in [-0.39, 0.29) is 17.1 Å². The Hall–Kier alpha value is -1.89. The van der Waals surface area contributed by atoms with Gasteiger partial charge in [-0.2, -0.15) is 23.3 Å². The summed E-state index contributed by atoms with van der Waals surface area (Å²) in [6.45, 7) is 1.36. The molecule has 1 heterocycles. The average molecular weight is 314 g/mol. The topological polar surface area (TPSA) is 52.9 Å². The van der Waals surface area contributed by atoms with Crippen molar-refractivity contribution in [2.45, 2.75) is 44.5 Å². The van der Waals surface area contributed by atoms with Gasteiger partial charge < -0.3 is 5.11 Å². The molecule has 7 heteroatoms. The van der Waals surface area contributed by atoms with Crippen molar-refractivity contribution >= 4 is 11.6 Å². The Morgan fingerprint density at radius 2 is 2.00 bits per heavy atom. The fourth-order valence-electron chi connectivity index (χ4n) is 2.40. The maximum absolute atomic E-state index is 13.0. The van der Waals surface area contributed by atoms with E-state index in [9.17, 15) is 23.1 Å². The lowest BCUT2D eigenvalue weighted by molar-refractivity contribution is -0.302. The molecule has 1 N–H and O–H groups in total. The molecule has 0 aromatic heterocycles. The number of alkyl halides is 3. The van der Waals surface area contributed by atoms with Crippen LogP contribution in [0.4, 0.5) is 13.2 Å². The third kappa shape index (κ3) is 3.30. The minimum absolute atomic E-state index is 0.0798. The van der Waals surface area contributed by atoms with Crippen LogP contribution in [-0.4, -0.2) is 33.6 Å². The van der Waals surface area contributed by atoms with Crippen LogP contribution in [0, 0.1) is 0 Å². The van der Waals surface area contributed by atoms with Gasteiger partial charge in [-0.3, -0.25) is 4.79 Å². The highest BCUT2D eigenvalue weighted by Crippen LogP contribution is 2.40. The summed E-state index contributed by atoms with van der Waals surface area (Å²) in [6.07, 6.45) is -4.79. The van der Waals surface area contributed by atoms with Crippen LogP contribution in [0.3, 0.4) is 0 Å². The Labute approximate surface area is 126 Å². The SMILES string of the molecule is CC1=NN(C(=O)CCCc2ccccc2)[C@@](O)(C(F)(F)F)C1. The molecule has 0 unspecified atom stereocenters. The van der Waals surface area contributed by atoms with E-state index in [1.165, 1.54) is 6.92 Å². The average Bonchev–Trinajstić information content (AvgIpc) is 2.76.